The zero-order valence-electron chi connectivity index (χ0n) is 24.5. The van der Waals surface area contributed by atoms with Gasteiger partial charge in [-0.15, -0.1) is 0 Å². The number of allylic oxidation sites excluding steroid dienone is 1. The molecule has 2 heterocycles. The third-order valence-electron chi connectivity index (χ3n) is 7.28. The molecule has 2 aromatic carbocycles. The Labute approximate surface area is 261 Å². The molecule has 2 aliphatic heterocycles. The van der Waals surface area contributed by atoms with Crippen molar-refractivity contribution in [3.8, 4) is 5.75 Å². The van der Waals surface area contributed by atoms with E-state index in [2.05, 4.69) is 5.32 Å². The van der Waals surface area contributed by atoms with Crippen molar-refractivity contribution in [1.82, 2.24) is 0 Å². The van der Waals surface area contributed by atoms with Gasteiger partial charge in [0, 0.05) is 30.8 Å². The number of rotatable bonds is 12. The Bertz CT molecular complexity index is 1380. The Morgan fingerprint density at radius 3 is 2.44 bits per heavy atom. The van der Waals surface area contributed by atoms with Gasteiger partial charge in [0.05, 0.1) is 27.4 Å². The number of nitrogens with zero attached hydrogens (tertiary/aromatic N) is 1. The number of ether oxygens (including phenoxy) is 4. The van der Waals surface area contributed by atoms with Crippen LogP contribution in [0.5, 0.6) is 5.75 Å². The number of hydrogen-bond donors (Lipinski definition) is 1. The number of carbonyl (C=O) groups excluding carboxylic acids is 3. The van der Waals surface area contributed by atoms with Crippen LogP contribution in [-0.4, -0.2) is 56.1 Å². The van der Waals surface area contributed by atoms with E-state index in [9.17, 15) is 14.4 Å². The molecule has 1 amide bonds. The van der Waals surface area contributed by atoms with Gasteiger partial charge >= 0.3 is 11.9 Å². The molecule has 1 fully saturated rings. The van der Waals surface area contributed by atoms with Crippen LogP contribution in [0.15, 0.2) is 58.7 Å². The lowest BCUT2D eigenvalue weighted by Gasteiger charge is -2.33. The minimum atomic E-state index is -0.904. The predicted molar refractivity (Wildman–Crippen MR) is 165 cm³/mol. The van der Waals surface area contributed by atoms with Crippen molar-refractivity contribution in [2.45, 2.75) is 58.5 Å². The second kappa shape index (κ2) is 15.4. The van der Waals surface area contributed by atoms with Crippen molar-refractivity contribution in [2.75, 3.05) is 31.7 Å². The van der Waals surface area contributed by atoms with Crippen LogP contribution in [0.25, 0.3) is 0 Å². The molecule has 43 heavy (non-hydrogen) atoms. The van der Waals surface area contributed by atoms with E-state index < -0.39 is 23.8 Å². The summed E-state index contributed by atoms with van der Waals surface area (Å²) in [4.78, 5) is 43.4. The van der Waals surface area contributed by atoms with E-state index in [1.54, 1.807) is 42.5 Å². The Balaban J connectivity index is 1.57. The van der Waals surface area contributed by atoms with Gasteiger partial charge in [-0.25, -0.2) is 4.79 Å². The van der Waals surface area contributed by atoms with Gasteiger partial charge in [-0.1, -0.05) is 49.2 Å². The summed E-state index contributed by atoms with van der Waals surface area (Å²) in [6.07, 6.45) is 2.47. The zero-order chi connectivity index (χ0) is 30.9. The van der Waals surface area contributed by atoms with Crippen molar-refractivity contribution >= 4 is 52.4 Å². The predicted octanol–water partition coefficient (Wildman–Crippen LogP) is 6.52. The fourth-order valence-electron chi connectivity index (χ4n) is 5.27. The third-order valence-corrected chi connectivity index (χ3v) is 8.11. The highest BCUT2D eigenvalue weighted by molar-refractivity contribution is 6.42. The molecule has 0 aliphatic carbocycles. The molecule has 2 aliphatic rings. The zero-order valence-corrected chi connectivity index (χ0v) is 26.0. The van der Waals surface area contributed by atoms with Crippen LogP contribution >= 0.6 is 23.2 Å². The lowest BCUT2D eigenvalue weighted by atomic mass is 9.74. The molecular formula is C32H36Cl2N2O7. The van der Waals surface area contributed by atoms with Crippen molar-refractivity contribution in [2.24, 2.45) is 10.9 Å². The maximum absolute atomic E-state index is 13.7. The number of carbonyl (C=O) groups is 3. The molecule has 0 radical (unpaired) electrons. The fourth-order valence-corrected chi connectivity index (χ4v) is 5.70. The maximum Gasteiger partial charge on any atom is 0.336 e. The lowest BCUT2D eigenvalue weighted by Crippen LogP contribution is -2.38. The van der Waals surface area contributed by atoms with E-state index in [-0.39, 0.29) is 42.4 Å². The van der Waals surface area contributed by atoms with Crippen LogP contribution in [0.4, 0.5) is 5.69 Å². The molecule has 9 nitrogen and oxygen atoms in total. The number of anilines is 1. The molecule has 0 aromatic heterocycles. The number of benzene rings is 2. The average Bonchev–Trinajstić information content (AvgIpc) is 3.52. The van der Waals surface area contributed by atoms with Crippen LogP contribution in [0, 0.1) is 5.92 Å². The van der Waals surface area contributed by atoms with Crippen molar-refractivity contribution in [3.63, 3.8) is 0 Å². The number of esters is 2. The first-order chi connectivity index (χ1) is 20.7. The van der Waals surface area contributed by atoms with Crippen molar-refractivity contribution < 1.29 is 33.3 Å². The quantitative estimate of drug-likeness (QED) is 0.210. The molecule has 0 bridgehead atoms. The molecule has 1 saturated heterocycles. The van der Waals surface area contributed by atoms with E-state index >= 15 is 0 Å². The Hall–Kier alpha value is -3.40. The van der Waals surface area contributed by atoms with Gasteiger partial charge in [-0.2, -0.15) is 0 Å². The van der Waals surface area contributed by atoms with Gasteiger partial charge < -0.3 is 24.3 Å². The number of halogens is 2. The summed E-state index contributed by atoms with van der Waals surface area (Å²) >= 11 is 13.1. The molecule has 0 spiro atoms. The van der Waals surface area contributed by atoms with Gasteiger partial charge in [0.2, 0.25) is 5.91 Å². The van der Waals surface area contributed by atoms with Crippen molar-refractivity contribution in [1.29, 1.82) is 0 Å². The molecule has 3 unspecified atom stereocenters. The minimum Gasteiger partial charge on any atom is -0.490 e. The Morgan fingerprint density at radius 2 is 1.79 bits per heavy atom. The monoisotopic (exact) mass is 630 g/mol. The van der Waals surface area contributed by atoms with E-state index in [4.69, 9.17) is 47.1 Å². The molecule has 0 saturated carbocycles. The number of aliphatic imine (C=N–C) groups is 1. The Kier molecular flexibility index (Phi) is 11.6. The van der Waals surface area contributed by atoms with Crippen LogP contribution in [0.3, 0.4) is 0 Å². The highest BCUT2D eigenvalue weighted by atomic mass is 35.5. The normalized spacial score (nSPS) is 19.9. The minimum absolute atomic E-state index is 0.0543. The summed E-state index contributed by atoms with van der Waals surface area (Å²) in [5, 5.41) is 3.24. The average molecular weight is 632 g/mol. The molecule has 2 aromatic rings. The molecule has 3 atom stereocenters. The highest BCUT2D eigenvalue weighted by Crippen LogP contribution is 2.45. The second-order valence-electron chi connectivity index (χ2n) is 10.2. The van der Waals surface area contributed by atoms with Crippen LogP contribution in [-0.2, 0) is 28.6 Å². The number of nitrogens with one attached hydrogen (secondary N) is 1. The fraction of sp³-hybridized carbons (Fsp3) is 0.438. The SMILES string of the molecule is CCC1=NC(CC)=C(C(=O)OCCOc2ccc(NC(C)=O)cc2)C(c2cccc(Cl)c2Cl)C1C(=O)OCC1CCCO1. The first-order valence-corrected chi connectivity index (χ1v) is 15.2. The molecule has 230 valence electrons. The second-order valence-corrected chi connectivity index (χ2v) is 11.0. The van der Waals surface area contributed by atoms with Crippen molar-refractivity contribution in [3.05, 3.63) is 69.3 Å². The molecule has 11 heteroatoms. The molecule has 1 N–H and O–H groups in total. The summed E-state index contributed by atoms with van der Waals surface area (Å²) in [5.41, 5.74) is 2.51. The van der Waals surface area contributed by atoms with Gasteiger partial charge in [-0.3, -0.25) is 14.6 Å². The van der Waals surface area contributed by atoms with Crippen LogP contribution in [0.1, 0.15) is 57.9 Å². The largest absolute Gasteiger partial charge is 0.490 e. The van der Waals surface area contributed by atoms with Crippen LogP contribution in [0.2, 0.25) is 10.0 Å². The number of amides is 1. The summed E-state index contributed by atoms with van der Waals surface area (Å²) in [7, 11) is 0. The topological polar surface area (TPSA) is 113 Å². The first kappa shape index (κ1) is 32.5. The maximum atomic E-state index is 13.7. The summed E-state index contributed by atoms with van der Waals surface area (Å²) < 4.78 is 22.8. The molecule has 4 rings (SSSR count). The first-order valence-electron chi connectivity index (χ1n) is 14.4. The van der Waals surface area contributed by atoms with E-state index in [0.29, 0.717) is 52.9 Å². The van der Waals surface area contributed by atoms with Gasteiger partial charge in [0.15, 0.2) is 0 Å². The summed E-state index contributed by atoms with van der Waals surface area (Å²) in [5.74, 6) is -2.48. The van der Waals surface area contributed by atoms with E-state index in [0.717, 1.165) is 12.8 Å². The smallest absolute Gasteiger partial charge is 0.336 e. The van der Waals surface area contributed by atoms with Gasteiger partial charge in [0.1, 0.15) is 31.5 Å². The molecular weight excluding hydrogens is 595 g/mol. The van der Waals surface area contributed by atoms with Crippen LogP contribution < -0.4 is 10.1 Å². The standard InChI is InChI=1S/C32H36Cl2N2O7/c1-4-25-28(31(38)42-17-16-41-21-13-11-20(12-14-21)35-19(3)37)27(23-9-6-10-24(33)30(23)34)29(26(5-2)36-25)32(39)43-18-22-8-7-15-40-22/h6,9-14,22,27,29H,4-5,7-8,15-18H2,1-3H3,(H,35,37). The summed E-state index contributed by atoms with van der Waals surface area (Å²) in [6.45, 7) is 6.01. The van der Waals surface area contributed by atoms with E-state index in [1.807, 2.05) is 13.8 Å². The number of hydrogen-bond acceptors (Lipinski definition) is 8. The lowest BCUT2D eigenvalue weighted by molar-refractivity contribution is -0.150. The van der Waals surface area contributed by atoms with Gasteiger partial charge in [0.25, 0.3) is 0 Å². The summed E-state index contributed by atoms with van der Waals surface area (Å²) in [6, 6.07) is 12.0. The Morgan fingerprint density at radius 1 is 1.02 bits per heavy atom. The van der Waals surface area contributed by atoms with Gasteiger partial charge in [-0.05, 0) is 61.6 Å². The highest BCUT2D eigenvalue weighted by Gasteiger charge is 2.45. The third kappa shape index (κ3) is 8.16. The van der Waals surface area contributed by atoms with E-state index in [1.165, 1.54) is 6.92 Å².